The third-order valence-corrected chi connectivity index (χ3v) is 3.43. The second kappa shape index (κ2) is 5.32. The van der Waals surface area contributed by atoms with Crippen LogP contribution >= 0.6 is 0 Å². The average Bonchev–Trinajstić information content (AvgIpc) is 2.77. The maximum absolute atomic E-state index is 12.0. The molecular weight excluding hydrogens is 212 g/mol. The third-order valence-electron chi connectivity index (χ3n) is 3.43. The maximum Gasteiger partial charge on any atom is 0.223 e. The van der Waals surface area contributed by atoms with E-state index in [-0.39, 0.29) is 17.9 Å². The van der Waals surface area contributed by atoms with E-state index in [2.05, 4.69) is 19.1 Å². The summed E-state index contributed by atoms with van der Waals surface area (Å²) in [6.45, 7) is 3.64. The van der Waals surface area contributed by atoms with Crippen LogP contribution in [0.15, 0.2) is 30.3 Å². The standard InChI is InChI=1S/C14H20N2O/c1-11(12-5-3-2-4-6-12)9-14(17)16-8-7-13(15)10-16/h2-6,11,13H,7-10,15H2,1H3/t11-,13+/m1/s1. The van der Waals surface area contributed by atoms with Crippen molar-refractivity contribution in [3.63, 3.8) is 0 Å². The van der Waals surface area contributed by atoms with Crippen LogP contribution in [-0.2, 0) is 4.79 Å². The number of carbonyl (C=O) groups excluding carboxylic acids is 1. The summed E-state index contributed by atoms with van der Waals surface area (Å²) in [5, 5.41) is 0. The topological polar surface area (TPSA) is 46.3 Å². The van der Waals surface area contributed by atoms with Crippen LogP contribution in [0.25, 0.3) is 0 Å². The Morgan fingerprint density at radius 1 is 1.47 bits per heavy atom. The van der Waals surface area contributed by atoms with Crippen LogP contribution in [0.5, 0.6) is 0 Å². The molecule has 0 unspecified atom stereocenters. The molecule has 1 aliphatic rings. The number of likely N-dealkylation sites (tertiary alicyclic amines) is 1. The summed E-state index contributed by atoms with van der Waals surface area (Å²) >= 11 is 0. The average molecular weight is 232 g/mol. The van der Waals surface area contributed by atoms with Crippen molar-refractivity contribution in [3.8, 4) is 0 Å². The molecule has 3 heteroatoms. The largest absolute Gasteiger partial charge is 0.341 e. The highest BCUT2D eigenvalue weighted by atomic mass is 16.2. The van der Waals surface area contributed by atoms with Crippen molar-refractivity contribution in [2.45, 2.75) is 31.7 Å². The zero-order valence-corrected chi connectivity index (χ0v) is 10.3. The summed E-state index contributed by atoms with van der Waals surface area (Å²) in [6, 6.07) is 10.4. The number of benzene rings is 1. The van der Waals surface area contributed by atoms with Gasteiger partial charge in [0.05, 0.1) is 0 Å². The molecule has 3 nitrogen and oxygen atoms in total. The molecule has 1 saturated heterocycles. The van der Waals surface area contributed by atoms with E-state index in [0.717, 1.165) is 19.5 Å². The van der Waals surface area contributed by atoms with Gasteiger partial charge < -0.3 is 10.6 Å². The van der Waals surface area contributed by atoms with Crippen LogP contribution in [0.2, 0.25) is 0 Å². The van der Waals surface area contributed by atoms with Crippen molar-refractivity contribution in [1.29, 1.82) is 0 Å². The van der Waals surface area contributed by atoms with Gasteiger partial charge in [-0.2, -0.15) is 0 Å². The first-order chi connectivity index (χ1) is 8.16. The van der Waals surface area contributed by atoms with Gasteiger partial charge >= 0.3 is 0 Å². The Hall–Kier alpha value is -1.35. The Balaban J connectivity index is 1.91. The first kappa shape index (κ1) is 12.1. The molecule has 2 N–H and O–H groups in total. The molecule has 0 saturated carbocycles. The Morgan fingerprint density at radius 2 is 2.18 bits per heavy atom. The molecule has 17 heavy (non-hydrogen) atoms. The van der Waals surface area contributed by atoms with Gasteiger partial charge in [0, 0.05) is 25.6 Å². The predicted octanol–water partition coefficient (Wildman–Crippen LogP) is 1.74. The number of nitrogens with two attached hydrogens (primary N) is 1. The summed E-state index contributed by atoms with van der Waals surface area (Å²) in [6.07, 6.45) is 1.52. The molecule has 0 aliphatic carbocycles. The highest BCUT2D eigenvalue weighted by Gasteiger charge is 2.24. The van der Waals surface area contributed by atoms with Crippen LogP contribution in [0.1, 0.15) is 31.2 Å². The summed E-state index contributed by atoms with van der Waals surface area (Å²) in [5.41, 5.74) is 7.04. The quantitative estimate of drug-likeness (QED) is 0.863. The van der Waals surface area contributed by atoms with E-state index in [9.17, 15) is 4.79 Å². The minimum atomic E-state index is 0.172. The fourth-order valence-corrected chi connectivity index (χ4v) is 2.30. The van der Waals surface area contributed by atoms with Gasteiger partial charge in [-0.3, -0.25) is 4.79 Å². The van der Waals surface area contributed by atoms with Crippen molar-refractivity contribution in [3.05, 3.63) is 35.9 Å². The van der Waals surface area contributed by atoms with E-state index in [1.807, 2.05) is 23.1 Å². The van der Waals surface area contributed by atoms with Crippen LogP contribution in [-0.4, -0.2) is 29.9 Å². The number of nitrogens with zero attached hydrogens (tertiary/aromatic N) is 1. The molecule has 0 aromatic heterocycles. The lowest BCUT2D eigenvalue weighted by Gasteiger charge is -2.18. The maximum atomic E-state index is 12.0. The van der Waals surface area contributed by atoms with Gasteiger partial charge in [0.15, 0.2) is 0 Å². The highest BCUT2D eigenvalue weighted by molar-refractivity contribution is 5.77. The van der Waals surface area contributed by atoms with Gasteiger partial charge in [0.2, 0.25) is 5.91 Å². The first-order valence-corrected chi connectivity index (χ1v) is 6.25. The van der Waals surface area contributed by atoms with E-state index in [4.69, 9.17) is 5.73 Å². The van der Waals surface area contributed by atoms with Crippen LogP contribution < -0.4 is 5.73 Å². The molecule has 1 aromatic rings. The van der Waals surface area contributed by atoms with E-state index in [1.54, 1.807) is 0 Å². The SMILES string of the molecule is C[C@H](CC(=O)N1CC[C@H](N)C1)c1ccccc1. The zero-order valence-electron chi connectivity index (χ0n) is 10.3. The molecule has 1 aromatic carbocycles. The number of amides is 1. The molecule has 0 bridgehead atoms. The van der Waals surface area contributed by atoms with Crippen LogP contribution in [0, 0.1) is 0 Å². The van der Waals surface area contributed by atoms with Gasteiger partial charge in [-0.25, -0.2) is 0 Å². The van der Waals surface area contributed by atoms with Crippen molar-refractivity contribution >= 4 is 5.91 Å². The predicted molar refractivity (Wildman–Crippen MR) is 68.6 cm³/mol. The zero-order chi connectivity index (χ0) is 12.3. The van der Waals surface area contributed by atoms with E-state index in [0.29, 0.717) is 6.42 Å². The molecule has 1 amide bonds. The Morgan fingerprint density at radius 3 is 2.76 bits per heavy atom. The summed E-state index contributed by atoms with van der Waals surface area (Å²) in [5.74, 6) is 0.509. The van der Waals surface area contributed by atoms with Gasteiger partial charge in [0.25, 0.3) is 0 Å². The second-order valence-corrected chi connectivity index (χ2v) is 4.90. The fourth-order valence-electron chi connectivity index (χ4n) is 2.30. The molecule has 1 fully saturated rings. The third kappa shape index (κ3) is 3.07. The van der Waals surface area contributed by atoms with Crippen molar-refractivity contribution < 1.29 is 4.79 Å². The minimum absolute atomic E-state index is 0.172. The summed E-state index contributed by atoms with van der Waals surface area (Å²) in [4.78, 5) is 13.9. The Kier molecular flexibility index (Phi) is 3.79. The molecule has 0 radical (unpaired) electrons. The lowest BCUT2D eigenvalue weighted by atomic mass is 9.97. The van der Waals surface area contributed by atoms with Gasteiger partial charge in [-0.15, -0.1) is 0 Å². The van der Waals surface area contributed by atoms with E-state index < -0.39 is 0 Å². The van der Waals surface area contributed by atoms with Crippen molar-refractivity contribution in [2.24, 2.45) is 5.73 Å². The molecule has 1 aliphatic heterocycles. The first-order valence-electron chi connectivity index (χ1n) is 6.25. The normalized spacial score (nSPS) is 21.5. The molecule has 1 heterocycles. The number of rotatable bonds is 3. The Labute approximate surface area is 103 Å². The van der Waals surface area contributed by atoms with Gasteiger partial charge in [-0.05, 0) is 17.9 Å². The van der Waals surface area contributed by atoms with Crippen molar-refractivity contribution in [2.75, 3.05) is 13.1 Å². The van der Waals surface area contributed by atoms with Crippen molar-refractivity contribution in [1.82, 2.24) is 4.90 Å². The lowest BCUT2D eigenvalue weighted by molar-refractivity contribution is -0.130. The van der Waals surface area contributed by atoms with Gasteiger partial charge in [0.1, 0.15) is 0 Å². The van der Waals surface area contributed by atoms with Crippen LogP contribution in [0.3, 0.4) is 0 Å². The van der Waals surface area contributed by atoms with Crippen LogP contribution in [0.4, 0.5) is 0 Å². The molecule has 2 atom stereocenters. The smallest absolute Gasteiger partial charge is 0.223 e. The Bertz CT molecular complexity index is 377. The fraction of sp³-hybridized carbons (Fsp3) is 0.500. The molecule has 92 valence electrons. The molecule has 2 rings (SSSR count). The highest BCUT2D eigenvalue weighted by Crippen LogP contribution is 2.20. The number of hydrogen-bond donors (Lipinski definition) is 1. The van der Waals surface area contributed by atoms with E-state index >= 15 is 0 Å². The lowest BCUT2D eigenvalue weighted by Crippen LogP contribution is -2.32. The monoisotopic (exact) mass is 232 g/mol. The van der Waals surface area contributed by atoms with E-state index in [1.165, 1.54) is 5.56 Å². The van der Waals surface area contributed by atoms with Gasteiger partial charge in [-0.1, -0.05) is 37.3 Å². The summed E-state index contributed by atoms with van der Waals surface area (Å²) in [7, 11) is 0. The number of hydrogen-bond acceptors (Lipinski definition) is 2. The molecular formula is C14H20N2O. The second-order valence-electron chi connectivity index (χ2n) is 4.90. The summed E-state index contributed by atoms with van der Waals surface area (Å²) < 4.78 is 0. The minimum Gasteiger partial charge on any atom is -0.341 e. The molecule has 0 spiro atoms. The number of carbonyl (C=O) groups is 1.